The highest BCUT2D eigenvalue weighted by atomic mass is 35.5. The number of nitrogens with one attached hydrogen (secondary N) is 1. The lowest BCUT2D eigenvalue weighted by Gasteiger charge is -2.04. The van der Waals surface area contributed by atoms with Crippen LogP contribution >= 0.6 is 11.6 Å². The Bertz CT molecular complexity index is 971. The molecule has 27 heavy (non-hydrogen) atoms. The van der Waals surface area contributed by atoms with Crippen LogP contribution in [0.15, 0.2) is 30.6 Å². The number of halogens is 4. The summed E-state index contributed by atoms with van der Waals surface area (Å²) in [5.74, 6) is -0.942. The molecule has 1 N–H and O–H groups in total. The van der Waals surface area contributed by atoms with E-state index in [4.69, 9.17) is 11.6 Å². The first-order valence-corrected chi connectivity index (χ1v) is 8.16. The average molecular weight is 399 g/mol. The third-order valence-corrected chi connectivity index (χ3v) is 4.20. The van der Waals surface area contributed by atoms with Gasteiger partial charge in [-0.15, -0.1) is 5.10 Å². The Morgan fingerprint density at radius 3 is 2.70 bits per heavy atom. The zero-order valence-electron chi connectivity index (χ0n) is 14.0. The summed E-state index contributed by atoms with van der Waals surface area (Å²) in [6.45, 7) is 1.29. The molecule has 0 saturated heterocycles. The van der Waals surface area contributed by atoms with Crippen LogP contribution in [0, 0.1) is 12.7 Å². The van der Waals surface area contributed by atoms with Gasteiger partial charge >= 0.3 is 0 Å². The van der Waals surface area contributed by atoms with E-state index in [1.165, 1.54) is 24.0 Å². The number of nitrogens with zero attached hydrogens (tertiary/aromatic N) is 5. The minimum atomic E-state index is -2.84. The van der Waals surface area contributed by atoms with Gasteiger partial charge in [0, 0.05) is 5.56 Å². The smallest absolute Gasteiger partial charge is 0.283 e. The van der Waals surface area contributed by atoms with Crippen LogP contribution < -0.4 is 5.32 Å². The Morgan fingerprint density at radius 2 is 2.04 bits per heavy atom. The van der Waals surface area contributed by atoms with Gasteiger partial charge in [-0.2, -0.15) is 5.10 Å². The van der Waals surface area contributed by atoms with E-state index in [1.807, 2.05) is 0 Å². The van der Waals surface area contributed by atoms with Crippen molar-refractivity contribution in [2.75, 3.05) is 5.32 Å². The summed E-state index contributed by atoms with van der Waals surface area (Å²) in [6, 6.07) is 6.22. The summed E-state index contributed by atoms with van der Waals surface area (Å²) in [5.41, 5.74) is 0.0935. The quantitative estimate of drug-likeness (QED) is 0.691. The van der Waals surface area contributed by atoms with E-state index in [1.54, 1.807) is 18.2 Å². The van der Waals surface area contributed by atoms with Crippen LogP contribution in [0.4, 0.5) is 19.1 Å². The maximum atomic E-state index is 13.7. The summed E-state index contributed by atoms with van der Waals surface area (Å²) >= 11 is 5.79. The Kier molecular flexibility index (Phi) is 5.45. The zero-order chi connectivity index (χ0) is 19.6. The van der Waals surface area contributed by atoms with E-state index in [9.17, 15) is 18.0 Å². The number of anilines is 1. The van der Waals surface area contributed by atoms with E-state index < -0.39 is 18.0 Å². The monoisotopic (exact) mass is 398 g/mol. The molecule has 0 radical (unpaired) electrons. The van der Waals surface area contributed by atoms with Crippen LogP contribution in [0.3, 0.4) is 0 Å². The summed E-state index contributed by atoms with van der Waals surface area (Å²) in [7, 11) is 0. The van der Waals surface area contributed by atoms with Crippen LogP contribution in [-0.2, 0) is 17.9 Å². The lowest BCUT2D eigenvalue weighted by molar-refractivity contribution is -0.117. The van der Waals surface area contributed by atoms with E-state index in [-0.39, 0.29) is 35.6 Å². The lowest BCUT2D eigenvalue weighted by atomic mass is 10.2. The van der Waals surface area contributed by atoms with E-state index in [0.29, 0.717) is 5.56 Å². The molecule has 0 spiro atoms. The maximum absolute atomic E-state index is 13.7. The molecule has 0 atom stereocenters. The van der Waals surface area contributed by atoms with Crippen LogP contribution in [0.25, 0.3) is 0 Å². The third kappa shape index (κ3) is 4.27. The first-order chi connectivity index (χ1) is 12.8. The number of rotatable bonds is 6. The molecule has 11 heteroatoms. The normalized spacial score (nSPS) is 11.2. The molecule has 7 nitrogen and oxygen atoms in total. The van der Waals surface area contributed by atoms with Gasteiger partial charge in [-0.05, 0) is 13.0 Å². The standard InChI is InChI=1S/C16H14ClF3N6O/c1-9-13(17)14(15(19)20)23-26(9)7-12(27)22-16-21-8-25(24-16)6-10-4-2-3-5-11(10)18/h2-5,8,15H,6-7H2,1H3,(H,22,24,27). The minimum absolute atomic E-state index is 0.00123. The molecular weight excluding hydrogens is 385 g/mol. The Morgan fingerprint density at radius 1 is 1.30 bits per heavy atom. The van der Waals surface area contributed by atoms with Crippen molar-refractivity contribution >= 4 is 23.5 Å². The van der Waals surface area contributed by atoms with Crippen molar-refractivity contribution in [3.8, 4) is 0 Å². The van der Waals surface area contributed by atoms with Gasteiger partial charge in [-0.3, -0.25) is 14.8 Å². The minimum Gasteiger partial charge on any atom is -0.292 e. The second-order valence-electron chi connectivity index (χ2n) is 5.65. The lowest BCUT2D eigenvalue weighted by Crippen LogP contribution is -2.21. The molecule has 0 aliphatic heterocycles. The summed E-state index contributed by atoms with van der Waals surface area (Å²) in [4.78, 5) is 16.0. The molecular formula is C16H14ClF3N6O. The van der Waals surface area contributed by atoms with Gasteiger partial charge in [0.15, 0.2) is 0 Å². The van der Waals surface area contributed by atoms with Crippen LogP contribution in [0.2, 0.25) is 5.02 Å². The molecule has 0 fully saturated rings. The fourth-order valence-electron chi connectivity index (χ4n) is 2.37. The number of hydrogen-bond donors (Lipinski definition) is 1. The number of carbonyl (C=O) groups excluding carboxylic acids is 1. The van der Waals surface area contributed by atoms with E-state index in [2.05, 4.69) is 20.5 Å². The first kappa shape index (κ1) is 18.9. The topological polar surface area (TPSA) is 77.6 Å². The summed E-state index contributed by atoms with van der Waals surface area (Å²) in [5, 5.41) is 9.93. The first-order valence-electron chi connectivity index (χ1n) is 7.78. The molecule has 2 aromatic heterocycles. The molecule has 1 aromatic carbocycles. The molecule has 1 amide bonds. The van der Waals surface area contributed by atoms with Crippen molar-refractivity contribution in [3.05, 3.63) is 58.4 Å². The average Bonchev–Trinajstić information content (AvgIpc) is 3.16. The van der Waals surface area contributed by atoms with Crippen LogP contribution in [-0.4, -0.2) is 30.5 Å². The predicted octanol–water partition coefficient (Wildman–Crippen LogP) is 3.20. The molecule has 0 bridgehead atoms. The van der Waals surface area contributed by atoms with E-state index >= 15 is 0 Å². The summed E-state index contributed by atoms with van der Waals surface area (Å²) in [6.07, 6.45) is -1.50. The molecule has 0 aliphatic rings. The molecule has 0 saturated carbocycles. The van der Waals surface area contributed by atoms with Crippen molar-refractivity contribution in [1.82, 2.24) is 24.5 Å². The number of amides is 1. The van der Waals surface area contributed by atoms with Crippen LogP contribution in [0.5, 0.6) is 0 Å². The van der Waals surface area contributed by atoms with Crippen LogP contribution in [0.1, 0.15) is 23.4 Å². The molecule has 142 valence electrons. The molecule has 0 aliphatic carbocycles. The third-order valence-electron chi connectivity index (χ3n) is 3.74. The van der Waals surface area contributed by atoms with Gasteiger partial charge in [0.05, 0.1) is 17.3 Å². The Hall–Kier alpha value is -2.88. The number of carbonyl (C=O) groups is 1. The molecule has 0 unspecified atom stereocenters. The number of aromatic nitrogens is 5. The SMILES string of the molecule is Cc1c(Cl)c(C(F)F)nn1CC(=O)Nc1ncn(Cc2ccccc2F)n1. The highest BCUT2D eigenvalue weighted by molar-refractivity contribution is 6.31. The molecule has 3 aromatic rings. The number of hydrogen-bond acceptors (Lipinski definition) is 4. The zero-order valence-corrected chi connectivity index (χ0v) is 14.8. The van der Waals surface area contributed by atoms with Crippen molar-refractivity contribution in [2.45, 2.75) is 26.4 Å². The fourth-order valence-corrected chi connectivity index (χ4v) is 2.59. The van der Waals surface area contributed by atoms with Crippen molar-refractivity contribution in [1.29, 1.82) is 0 Å². The highest BCUT2D eigenvalue weighted by Crippen LogP contribution is 2.28. The van der Waals surface area contributed by atoms with Crippen molar-refractivity contribution in [2.24, 2.45) is 0 Å². The van der Waals surface area contributed by atoms with E-state index in [0.717, 1.165) is 4.68 Å². The molecule has 2 heterocycles. The fraction of sp³-hybridized carbons (Fsp3) is 0.250. The second kappa shape index (κ2) is 7.78. The highest BCUT2D eigenvalue weighted by Gasteiger charge is 2.21. The number of benzene rings is 1. The van der Waals surface area contributed by atoms with Gasteiger partial charge in [0.2, 0.25) is 11.9 Å². The van der Waals surface area contributed by atoms with Gasteiger partial charge in [0.25, 0.3) is 6.43 Å². The van der Waals surface area contributed by atoms with Gasteiger partial charge < -0.3 is 0 Å². The number of alkyl halides is 2. The Labute approximate surface area is 156 Å². The predicted molar refractivity (Wildman–Crippen MR) is 91.1 cm³/mol. The van der Waals surface area contributed by atoms with Gasteiger partial charge in [0.1, 0.15) is 24.4 Å². The molecule has 3 rings (SSSR count). The van der Waals surface area contributed by atoms with Gasteiger partial charge in [-0.25, -0.2) is 22.8 Å². The maximum Gasteiger partial charge on any atom is 0.283 e. The van der Waals surface area contributed by atoms with Crippen molar-refractivity contribution in [3.63, 3.8) is 0 Å². The second-order valence-corrected chi connectivity index (χ2v) is 6.03. The van der Waals surface area contributed by atoms with Gasteiger partial charge in [-0.1, -0.05) is 29.8 Å². The summed E-state index contributed by atoms with van der Waals surface area (Å²) < 4.78 is 41.7. The Balaban J connectivity index is 1.65. The largest absolute Gasteiger partial charge is 0.292 e. The van der Waals surface area contributed by atoms with Crippen molar-refractivity contribution < 1.29 is 18.0 Å².